The van der Waals surface area contributed by atoms with Gasteiger partial charge in [-0.05, 0) is 59.7 Å². The molecule has 2 aliphatic rings. The summed E-state index contributed by atoms with van der Waals surface area (Å²) in [6.45, 7) is 1.22. The highest BCUT2D eigenvalue weighted by Gasteiger charge is 2.41. The topological polar surface area (TPSA) is 32.5 Å². The van der Waals surface area contributed by atoms with Gasteiger partial charge in [-0.1, -0.05) is 6.42 Å². The van der Waals surface area contributed by atoms with Crippen molar-refractivity contribution in [1.82, 2.24) is 9.80 Å². The van der Waals surface area contributed by atoms with Crippen molar-refractivity contribution in [3.63, 3.8) is 0 Å². The van der Waals surface area contributed by atoms with E-state index in [1.165, 1.54) is 51.5 Å². The number of likely N-dealkylation sites (N-methyl/N-ethyl adjacent to an activating group) is 2. The van der Waals surface area contributed by atoms with Crippen LogP contribution in [0.5, 0.6) is 0 Å². The van der Waals surface area contributed by atoms with Crippen LogP contribution in [-0.4, -0.2) is 55.1 Å². The van der Waals surface area contributed by atoms with Crippen molar-refractivity contribution < 1.29 is 0 Å². The first-order valence-electron chi connectivity index (χ1n) is 7.17. The Balaban J connectivity index is 1.89. The molecular formula is C14H29N3. The Morgan fingerprint density at radius 1 is 1.12 bits per heavy atom. The molecular weight excluding hydrogens is 210 g/mol. The van der Waals surface area contributed by atoms with E-state index in [4.69, 9.17) is 5.73 Å². The number of nitrogens with zero attached hydrogens (tertiary/aromatic N) is 2. The van der Waals surface area contributed by atoms with E-state index in [1.54, 1.807) is 0 Å². The minimum absolute atomic E-state index is 0.438. The van der Waals surface area contributed by atoms with Crippen LogP contribution < -0.4 is 5.73 Å². The smallest absolute Gasteiger partial charge is 0.0330 e. The largest absolute Gasteiger partial charge is 0.328 e. The quantitative estimate of drug-likeness (QED) is 0.810. The van der Waals surface area contributed by atoms with Crippen LogP contribution in [0.3, 0.4) is 0 Å². The minimum Gasteiger partial charge on any atom is -0.328 e. The third kappa shape index (κ3) is 2.83. The van der Waals surface area contributed by atoms with Crippen LogP contribution >= 0.6 is 0 Å². The van der Waals surface area contributed by atoms with Crippen molar-refractivity contribution in [1.29, 1.82) is 0 Å². The number of hydrogen-bond acceptors (Lipinski definition) is 3. The van der Waals surface area contributed by atoms with Gasteiger partial charge in [-0.3, -0.25) is 0 Å². The Hall–Kier alpha value is -0.120. The fourth-order valence-corrected chi connectivity index (χ4v) is 3.53. The van der Waals surface area contributed by atoms with Crippen molar-refractivity contribution in [2.75, 3.05) is 27.7 Å². The van der Waals surface area contributed by atoms with Crippen LogP contribution in [0.2, 0.25) is 0 Å². The lowest BCUT2D eigenvalue weighted by molar-refractivity contribution is 0.0101. The molecule has 2 N–H and O–H groups in total. The molecule has 0 aromatic heterocycles. The summed E-state index contributed by atoms with van der Waals surface area (Å²) in [7, 11) is 6.77. The Bertz CT molecular complexity index is 248. The molecule has 0 bridgehead atoms. The monoisotopic (exact) mass is 239 g/mol. The molecule has 17 heavy (non-hydrogen) atoms. The van der Waals surface area contributed by atoms with Gasteiger partial charge in [-0.2, -0.15) is 0 Å². The van der Waals surface area contributed by atoms with Crippen LogP contribution in [0.15, 0.2) is 0 Å². The van der Waals surface area contributed by atoms with Crippen molar-refractivity contribution in [3.8, 4) is 0 Å². The van der Waals surface area contributed by atoms with E-state index in [-0.39, 0.29) is 0 Å². The molecule has 0 saturated heterocycles. The zero-order valence-electron chi connectivity index (χ0n) is 11.8. The first-order valence-corrected chi connectivity index (χ1v) is 7.17. The lowest BCUT2D eigenvalue weighted by Gasteiger charge is -2.51. The van der Waals surface area contributed by atoms with Gasteiger partial charge in [0.25, 0.3) is 0 Å². The van der Waals surface area contributed by atoms with Crippen LogP contribution in [0.1, 0.15) is 44.9 Å². The van der Waals surface area contributed by atoms with E-state index in [1.807, 2.05) is 0 Å². The van der Waals surface area contributed by atoms with Gasteiger partial charge in [0.15, 0.2) is 0 Å². The van der Waals surface area contributed by atoms with Crippen molar-refractivity contribution >= 4 is 0 Å². The maximum atomic E-state index is 6.10. The average Bonchev–Trinajstić information content (AvgIpc) is 2.22. The molecule has 2 rings (SSSR count). The van der Waals surface area contributed by atoms with Crippen LogP contribution in [0.25, 0.3) is 0 Å². The Morgan fingerprint density at radius 3 is 2.29 bits per heavy atom. The lowest BCUT2D eigenvalue weighted by Crippen LogP contribution is -2.58. The van der Waals surface area contributed by atoms with Gasteiger partial charge < -0.3 is 15.5 Å². The van der Waals surface area contributed by atoms with Gasteiger partial charge in [-0.15, -0.1) is 0 Å². The summed E-state index contributed by atoms with van der Waals surface area (Å²) in [6.07, 6.45) is 9.20. The molecule has 2 aliphatic carbocycles. The Kier molecular flexibility index (Phi) is 4.11. The summed E-state index contributed by atoms with van der Waals surface area (Å²) in [5.74, 6) is 0. The second kappa shape index (κ2) is 5.25. The molecule has 0 radical (unpaired) electrons. The number of hydrogen-bond donors (Lipinski definition) is 1. The van der Waals surface area contributed by atoms with Crippen molar-refractivity contribution in [3.05, 3.63) is 0 Å². The van der Waals surface area contributed by atoms with E-state index in [0.717, 1.165) is 6.04 Å². The first kappa shape index (κ1) is 13.3. The van der Waals surface area contributed by atoms with Gasteiger partial charge in [0.2, 0.25) is 0 Å². The average molecular weight is 239 g/mol. The molecule has 2 fully saturated rings. The van der Waals surface area contributed by atoms with Crippen molar-refractivity contribution in [2.24, 2.45) is 5.73 Å². The highest BCUT2D eigenvalue weighted by Crippen LogP contribution is 2.37. The van der Waals surface area contributed by atoms with E-state index in [0.29, 0.717) is 11.6 Å². The molecule has 0 amide bonds. The summed E-state index contributed by atoms with van der Waals surface area (Å²) >= 11 is 0. The molecule has 0 aromatic rings. The fourth-order valence-electron chi connectivity index (χ4n) is 3.53. The molecule has 0 aromatic carbocycles. The zero-order chi connectivity index (χ0) is 12.5. The summed E-state index contributed by atoms with van der Waals surface area (Å²) < 4.78 is 0. The first-order chi connectivity index (χ1) is 8.03. The summed E-state index contributed by atoms with van der Waals surface area (Å²) in [6, 6.07) is 1.16. The molecule has 3 nitrogen and oxygen atoms in total. The van der Waals surface area contributed by atoms with E-state index in [2.05, 4.69) is 30.9 Å². The molecule has 0 aliphatic heterocycles. The molecule has 2 atom stereocenters. The van der Waals surface area contributed by atoms with E-state index in [9.17, 15) is 0 Å². The molecule has 2 unspecified atom stereocenters. The predicted octanol–water partition coefficient (Wildman–Crippen LogP) is 1.67. The van der Waals surface area contributed by atoms with Crippen LogP contribution in [0.4, 0.5) is 0 Å². The predicted molar refractivity (Wildman–Crippen MR) is 73.1 cm³/mol. The van der Waals surface area contributed by atoms with Gasteiger partial charge in [0.05, 0.1) is 0 Å². The van der Waals surface area contributed by atoms with Gasteiger partial charge >= 0.3 is 0 Å². The highest BCUT2D eigenvalue weighted by atomic mass is 15.2. The second-order valence-electron chi connectivity index (χ2n) is 6.47. The van der Waals surface area contributed by atoms with Gasteiger partial charge in [0, 0.05) is 24.2 Å². The fraction of sp³-hybridized carbons (Fsp3) is 1.00. The standard InChI is InChI=1S/C14H29N3/c1-16(2)14(8-5-9-14)11-17(3)13-7-4-6-12(15)10-13/h12-13H,4-11,15H2,1-3H3. The Labute approximate surface area is 106 Å². The number of rotatable bonds is 4. The molecule has 2 saturated carbocycles. The van der Waals surface area contributed by atoms with E-state index < -0.39 is 0 Å². The van der Waals surface area contributed by atoms with Gasteiger partial charge in [-0.25, -0.2) is 0 Å². The second-order valence-corrected chi connectivity index (χ2v) is 6.47. The Morgan fingerprint density at radius 2 is 1.82 bits per heavy atom. The molecule has 3 heteroatoms. The summed E-state index contributed by atoms with van der Waals surface area (Å²) in [5.41, 5.74) is 6.55. The minimum atomic E-state index is 0.438. The van der Waals surface area contributed by atoms with E-state index >= 15 is 0 Å². The maximum absolute atomic E-state index is 6.10. The lowest BCUT2D eigenvalue weighted by atomic mass is 9.75. The van der Waals surface area contributed by atoms with Crippen LogP contribution in [0, 0.1) is 0 Å². The normalized spacial score (nSPS) is 32.8. The number of nitrogens with two attached hydrogens (primary N) is 1. The third-order valence-corrected chi connectivity index (χ3v) is 5.09. The summed E-state index contributed by atoms with van der Waals surface area (Å²) in [5, 5.41) is 0. The maximum Gasteiger partial charge on any atom is 0.0330 e. The van der Waals surface area contributed by atoms with Crippen LogP contribution in [-0.2, 0) is 0 Å². The SMILES string of the molecule is CN(CC1(N(C)C)CCC1)C1CCCC(N)C1. The molecule has 0 heterocycles. The van der Waals surface area contributed by atoms with Gasteiger partial charge in [0.1, 0.15) is 0 Å². The summed E-state index contributed by atoms with van der Waals surface area (Å²) in [4.78, 5) is 5.02. The highest BCUT2D eigenvalue weighted by molar-refractivity contribution is 4.99. The molecule has 0 spiro atoms. The third-order valence-electron chi connectivity index (χ3n) is 5.09. The zero-order valence-corrected chi connectivity index (χ0v) is 11.8. The van der Waals surface area contributed by atoms with Crippen molar-refractivity contribution in [2.45, 2.75) is 62.6 Å². The molecule has 100 valence electrons.